The molecule has 1 aromatic rings. The Kier molecular flexibility index (Phi) is 7.29. The van der Waals surface area contributed by atoms with Crippen LogP contribution in [0.25, 0.3) is 0 Å². The molecular weight excluding hydrogens is 398 g/mol. The minimum atomic E-state index is -1.63. The van der Waals surface area contributed by atoms with Gasteiger partial charge in [0.25, 0.3) is 0 Å². The molecule has 0 bridgehead atoms. The van der Waals surface area contributed by atoms with Crippen LogP contribution in [0.5, 0.6) is 5.75 Å². The van der Waals surface area contributed by atoms with Crippen molar-refractivity contribution in [3.8, 4) is 5.75 Å². The van der Waals surface area contributed by atoms with E-state index >= 15 is 0 Å². The molecule has 1 unspecified atom stereocenters. The van der Waals surface area contributed by atoms with Crippen molar-refractivity contribution in [3.05, 3.63) is 40.4 Å². The van der Waals surface area contributed by atoms with E-state index in [9.17, 15) is 13.8 Å². The van der Waals surface area contributed by atoms with Gasteiger partial charge in [-0.3, -0.25) is 4.21 Å². The van der Waals surface area contributed by atoms with E-state index < -0.39 is 34.6 Å². The fourth-order valence-electron chi connectivity index (χ4n) is 2.77. The van der Waals surface area contributed by atoms with Gasteiger partial charge in [-0.1, -0.05) is 12.1 Å². The Morgan fingerprint density at radius 2 is 1.83 bits per heavy atom. The predicted octanol–water partition coefficient (Wildman–Crippen LogP) is 3.46. The SMILES string of the molecule is CCOC(=O)C1=C(C)N(OC(=O)OC(C)(C)C)[C@H](c2ccc(OC)cc2)CS1=O. The first-order valence-electron chi connectivity index (χ1n) is 9.18. The molecule has 0 fully saturated rings. The Bertz CT molecular complexity index is 811. The summed E-state index contributed by atoms with van der Waals surface area (Å²) in [6, 6.07) is 6.50. The number of nitrogens with zero attached hydrogens (tertiary/aromatic N) is 1. The maximum atomic E-state index is 12.8. The largest absolute Gasteiger partial charge is 0.533 e. The van der Waals surface area contributed by atoms with Gasteiger partial charge in [0.05, 0.1) is 36.0 Å². The monoisotopic (exact) mass is 425 g/mol. The molecule has 2 rings (SSSR count). The molecule has 0 amide bonds. The quantitative estimate of drug-likeness (QED) is 0.663. The maximum Gasteiger partial charge on any atom is 0.533 e. The van der Waals surface area contributed by atoms with Gasteiger partial charge in [0.2, 0.25) is 0 Å². The highest BCUT2D eigenvalue weighted by atomic mass is 32.2. The number of carbonyl (C=O) groups excluding carboxylic acids is 2. The van der Waals surface area contributed by atoms with Gasteiger partial charge >= 0.3 is 12.1 Å². The number of benzene rings is 1. The van der Waals surface area contributed by atoms with E-state index in [0.717, 1.165) is 5.56 Å². The third-order valence-electron chi connectivity index (χ3n) is 4.00. The Balaban J connectivity index is 2.44. The van der Waals surface area contributed by atoms with Crippen molar-refractivity contribution >= 4 is 22.9 Å². The molecular formula is C20H27NO7S. The third-order valence-corrected chi connectivity index (χ3v) is 5.54. The predicted molar refractivity (Wildman–Crippen MR) is 107 cm³/mol. The van der Waals surface area contributed by atoms with Crippen LogP contribution in [0.1, 0.15) is 46.2 Å². The van der Waals surface area contributed by atoms with Gasteiger partial charge in [0, 0.05) is 0 Å². The minimum Gasteiger partial charge on any atom is -0.497 e. The number of allylic oxidation sites excluding steroid dienone is 1. The highest BCUT2D eigenvalue weighted by Gasteiger charge is 2.39. The summed E-state index contributed by atoms with van der Waals surface area (Å²) in [4.78, 5) is 30.1. The highest BCUT2D eigenvalue weighted by molar-refractivity contribution is 7.90. The molecule has 0 radical (unpaired) electrons. The molecule has 1 aromatic carbocycles. The second-order valence-electron chi connectivity index (χ2n) is 7.32. The molecule has 0 saturated heterocycles. The van der Waals surface area contributed by atoms with Crippen LogP contribution in [0.2, 0.25) is 0 Å². The number of hydroxylamine groups is 2. The van der Waals surface area contributed by atoms with Crippen molar-refractivity contribution in [1.82, 2.24) is 5.06 Å². The van der Waals surface area contributed by atoms with Crippen LogP contribution in [-0.4, -0.2) is 46.5 Å². The molecule has 0 saturated carbocycles. The van der Waals surface area contributed by atoms with Gasteiger partial charge in [-0.05, 0) is 52.3 Å². The molecule has 160 valence electrons. The topological polar surface area (TPSA) is 91.4 Å². The summed E-state index contributed by atoms with van der Waals surface area (Å²) in [5, 5.41) is 1.27. The van der Waals surface area contributed by atoms with Crippen molar-refractivity contribution in [2.45, 2.75) is 46.3 Å². The fourth-order valence-corrected chi connectivity index (χ4v) is 4.21. The van der Waals surface area contributed by atoms with Crippen molar-refractivity contribution in [2.24, 2.45) is 0 Å². The number of rotatable bonds is 5. The molecule has 1 aliphatic heterocycles. The number of methoxy groups -OCH3 is 1. The van der Waals surface area contributed by atoms with Crippen LogP contribution in [0.15, 0.2) is 34.9 Å². The lowest BCUT2D eigenvalue weighted by Gasteiger charge is -2.36. The standard InChI is InChI=1S/C20H27NO7S/c1-7-26-18(22)17-13(2)21(28-19(23)27-20(3,4)5)16(12-29(17)24)14-8-10-15(25-6)11-9-14/h8-11,16H,7,12H2,1-6H3/t16-,29?/m0/s1. The summed E-state index contributed by atoms with van der Waals surface area (Å²) in [7, 11) is -0.0752. The number of hydrogen-bond acceptors (Lipinski definition) is 8. The normalized spacial score (nSPS) is 19.6. The second kappa shape index (κ2) is 9.30. The van der Waals surface area contributed by atoms with Gasteiger partial charge in [-0.25, -0.2) is 9.59 Å². The van der Waals surface area contributed by atoms with Gasteiger partial charge in [0.15, 0.2) is 0 Å². The zero-order valence-corrected chi connectivity index (χ0v) is 18.3. The molecule has 0 spiro atoms. The van der Waals surface area contributed by atoms with Crippen LogP contribution in [0, 0.1) is 0 Å². The highest BCUT2D eigenvalue weighted by Crippen LogP contribution is 2.35. The summed E-state index contributed by atoms with van der Waals surface area (Å²) in [6.45, 7) is 8.51. The van der Waals surface area contributed by atoms with Crippen molar-refractivity contribution < 1.29 is 32.8 Å². The van der Waals surface area contributed by atoms with E-state index in [1.54, 1.807) is 66.0 Å². The van der Waals surface area contributed by atoms with Crippen LogP contribution in [0.3, 0.4) is 0 Å². The molecule has 0 aromatic heterocycles. The molecule has 9 heteroatoms. The Morgan fingerprint density at radius 1 is 1.21 bits per heavy atom. The molecule has 1 heterocycles. The van der Waals surface area contributed by atoms with Gasteiger partial charge in [-0.15, -0.1) is 0 Å². The average molecular weight is 426 g/mol. The Morgan fingerprint density at radius 3 is 2.34 bits per heavy atom. The van der Waals surface area contributed by atoms with E-state index in [-0.39, 0.29) is 23.0 Å². The smallest absolute Gasteiger partial charge is 0.497 e. The van der Waals surface area contributed by atoms with Crippen molar-refractivity contribution in [1.29, 1.82) is 0 Å². The molecule has 0 N–H and O–H groups in total. The summed E-state index contributed by atoms with van der Waals surface area (Å²) in [5.74, 6) is -0.000250. The van der Waals surface area contributed by atoms with Crippen LogP contribution >= 0.6 is 0 Å². The third kappa shape index (κ3) is 5.72. The molecule has 29 heavy (non-hydrogen) atoms. The Hall–Kier alpha value is -2.55. The first-order chi connectivity index (χ1) is 13.6. The van der Waals surface area contributed by atoms with Crippen molar-refractivity contribution in [3.63, 3.8) is 0 Å². The first-order valence-corrected chi connectivity index (χ1v) is 10.5. The van der Waals surface area contributed by atoms with Crippen LogP contribution in [-0.2, 0) is 29.9 Å². The zero-order chi connectivity index (χ0) is 21.8. The average Bonchev–Trinajstić information content (AvgIpc) is 2.62. The summed E-state index contributed by atoms with van der Waals surface area (Å²) in [5.41, 5.74) is 0.219. The molecule has 0 aliphatic carbocycles. The van der Waals surface area contributed by atoms with E-state index in [1.165, 1.54) is 5.06 Å². The van der Waals surface area contributed by atoms with Crippen LogP contribution in [0.4, 0.5) is 4.79 Å². The van der Waals surface area contributed by atoms with E-state index in [1.807, 2.05) is 0 Å². The lowest BCUT2D eigenvalue weighted by atomic mass is 10.1. The van der Waals surface area contributed by atoms with E-state index in [0.29, 0.717) is 5.75 Å². The minimum absolute atomic E-state index is 0.0276. The lowest BCUT2D eigenvalue weighted by Crippen LogP contribution is -2.41. The van der Waals surface area contributed by atoms with Crippen LogP contribution < -0.4 is 4.74 Å². The van der Waals surface area contributed by atoms with Gasteiger partial charge in [-0.2, -0.15) is 5.06 Å². The zero-order valence-electron chi connectivity index (χ0n) is 17.5. The number of hydrogen-bond donors (Lipinski definition) is 0. The van der Waals surface area contributed by atoms with Gasteiger partial charge in [0.1, 0.15) is 22.3 Å². The molecule has 8 nitrogen and oxygen atoms in total. The number of ether oxygens (including phenoxy) is 3. The van der Waals surface area contributed by atoms with E-state index in [2.05, 4.69) is 0 Å². The number of esters is 1. The van der Waals surface area contributed by atoms with E-state index in [4.69, 9.17) is 19.0 Å². The summed E-state index contributed by atoms with van der Waals surface area (Å²) < 4.78 is 28.3. The molecule has 2 atom stereocenters. The van der Waals surface area contributed by atoms with Crippen molar-refractivity contribution in [2.75, 3.05) is 19.5 Å². The fraction of sp³-hybridized carbons (Fsp3) is 0.500. The maximum absolute atomic E-state index is 12.8. The number of carbonyl (C=O) groups is 2. The lowest BCUT2D eigenvalue weighted by molar-refractivity contribution is -0.147. The molecule has 1 aliphatic rings. The first kappa shape index (κ1) is 22.7. The Labute approximate surface area is 173 Å². The second-order valence-corrected chi connectivity index (χ2v) is 8.75. The summed E-state index contributed by atoms with van der Waals surface area (Å²) in [6.07, 6.45) is -0.925. The van der Waals surface area contributed by atoms with Gasteiger partial charge < -0.3 is 19.0 Å². The summed E-state index contributed by atoms with van der Waals surface area (Å²) >= 11 is 0.